The van der Waals surface area contributed by atoms with Crippen LogP contribution in [-0.2, 0) is 4.74 Å². The first-order valence-electron chi connectivity index (χ1n) is 7.72. The maximum atomic E-state index is 13.7. The van der Waals surface area contributed by atoms with Gasteiger partial charge < -0.3 is 10.1 Å². The molecule has 0 bridgehead atoms. The van der Waals surface area contributed by atoms with Crippen molar-refractivity contribution in [3.8, 4) is 0 Å². The molecule has 1 aromatic rings. The van der Waals surface area contributed by atoms with Crippen molar-refractivity contribution in [3.63, 3.8) is 0 Å². The molecule has 2 fully saturated rings. The molecule has 1 aliphatic heterocycles. The van der Waals surface area contributed by atoms with Gasteiger partial charge in [-0.15, -0.1) is 0 Å². The summed E-state index contributed by atoms with van der Waals surface area (Å²) in [4.78, 5) is 0. The van der Waals surface area contributed by atoms with Crippen LogP contribution in [0.15, 0.2) is 24.3 Å². The molecule has 0 unspecified atom stereocenters. The highest BCUT2D eigenvalue weighted by Gasteiger charge is 2.34. The minimum Gasteiger partial charge on any atom is -0.381 e. The van der Waals surface area contributed by atoms with E-state index in [9.17, 15) is 4.39 Å². The maximum absolute atomic E-state index is 13.7. The molecule has 110 valence electrons. The van der Waals surface area contributed by atoms with Crippen molar-refractivity contribution in [1.29, 1.82) is 0 Å². The highest BCUT2D eigenvalue weighted by atomic mass is 19.1. The molecule has 20 heavy (non-hydrogen) atoms. The number of rotatable bonds is 4. The molecule has 1 aliphatic carbocycles. The molecule has 1 aromatic carbocycles. The summed E-state index contributed by atoms with van der Waals surface area (Å²) in [5, 5.41) is 3.67. The average Bonchev–Trinajstić information content (AvgIpc) is 2.39. The second-order valence-electron chi connectivity index (χ2n) is 6.69. The summed E-state index contributed by atoms with van der Waals surface area (Å²) in [6.07, 6.45) is 4.41. The summed E-state index contributed by atoms with van der Waals surface area (Å²) in [5.74, 6) is 0.350. The van der Waals surface area contributed by atoms with Crippen molar-refractivity contribution in [3.05, 3.63) is 35.6 Å². The van der Waals surface area contributed by atoms with Crippen molar-refractivity contribution in [1.82, 2.24) is 5.32 Å². The fourth-order valence-corrected chi connectivity index (χ4v) is 3.28. The third-order valence-electron chi connectivity index (χ3n) is 5.00. The van der Waals surface area contributed by atoms with E-state index in [2.05, 4.69) is 12.2 Å². The molecule has 1 saturated carbocycles. The zero-order chi connectivity index (χ0) is 14.0. The Morgan fingerprint density at radius 3 is 2.65 bits per heavy atom. The molecule has 0 radical (unpaired) electrons. The van der Waals surface area contributed by atoms with Crippen molar-refractivity contribution in [2.24, 2.45) is 5.41 Å². The first kappa shape index (κ1) is 14.0. The predicted octanol–water partition coefficient (Wildman–Crippen LogP) is 3.48. The normalized spacial score (nSPS) is 28.9. The minimum absolute atomic E-state index is 0.0488. The summed E-state index contributed by atoms with van der Waals surface area (Å²) >= 11 is 0. The topological polar surface area (TPSA) is 21.3 Å². The lowest BCUT2D eigenvalue weighted by atomic mass is 9.74. The first-order valence-corrected chi connectivity index (χ1v) is 7.72. The van der Waals surface area contributed by atoms with Gasteiger partial charge in [-0.3, -0.25) is 0 Å². The van der Waals surface area contributed by atoms with Crippen LogP contribution in [0.5, 0.6) is 0 Å². The van der Waals surface area contributed by atoms with E-state index in [4.69, 9.17) is 4.74 Å². The molecule has 0 aromatic heterocycles. The highest BCUT2D eigenvalue weighted by molar-refractivity contribution is 5.24. The van der Waals surface area contributed by atoms with E-state index in [-0.39, 0.29) is 5.82 Å². The van der Waals surface area contributed by atoms with Gasteiger partial charge in [0.05, 0.1) is 0 Å². The Bertz CT molecular complexity index is 450. The Morgan fingerprint density at radius 1 is 1.25 bits per heavy atom. The Morgan fingerprint density at radius 2 is 1.95 bits per heavy atom. The van der Waals surface area contributed by atoms with Crippen LogP contribution in [0, 0.1) is 11.2 Å². The standard InChI is InChI=1S/C17H24FNO/c1-17(6-8-20-9-7-17)12-19-14-10-13(11-14)15-4-2-3-5-16(15)18/h2-5,13-14,19H,6-12H2,1H3. The monoisotopic (exact) mass is 277 g/mol. The van der Waals surface area contributed by atoms with Crippen LogP contribution >= 0.6 is 0 Å². The quantitative estimate of drug-likeness (QED) is 0.910. The van der Waals surface area contributed by atoms with E-state index in [0.29, 0.717) is 17.4 Å². The lowest BCUT2D eigenvalue weighted by Crippen LogP contribution is -2.46. The smallest absolute Gasteiger partial charge is 0.126 e. The Labute approximate surface area is 120 Å². The zero-order valence-corrected chi connectivity index (χ0v) is 12.2. The number of halogens is 1. The lowest BCUT2D eigenvalue weighted by Gasteiger charge is -2.40. The van der Waals surface area contributed by atoms with E-state index in [1.807, 2.05) is 12.1 Å². The van der Waals surface area contributed by atoms with Crippen LogP contribution in [0.2, 0.25) is 0 Å². The van der Waals surface area contributed by atoms with Crippen molar-refractivity contribution in [2.45, 2.75) is 44.6 Å². The Kier molecular flexibility index (Phi) is 4.08. The van der Waals surface area contributed by atoms with Gasteiger partial charge >= 0.3 is 0 Å². The summed E-state index contributed by atoms with van der Waals surface area (Å²) in [5.41, 5.74) is 1.27. The molecule has 0 spiro atoms. The van der Waals surface area contributed by atoms with E-state index >= 15 is 0 Å². The van der Waals surface area contributed by atoms with Gasteiger partial charge in [-0.2, -0.15) is 0 Å². The van der Waals surface area contributed by atoms with Gasteiger partial charge in [-0.1, -0.05) is 25.1 Å². The highest BCUT2D eigenvalue weighted by Crippen LogP contribution is 2.38. The first-order chi connectivity index (χ1) is 9.66. The average molecular weight is 277 g/mol. The van der Waals surface area contributed by atoms with Crippen LogP contribution in [0.25, 0.3) is 0 Å². The second kappa shape index (κ2) is 5.82. The number of benzene rings is 1. The van der Waals surface area contributed by atoms with Gasteiger partial charge in [-0.05, 0) is 48.6 Å². The van der Waals surface area contributed by atoms with Gasteiger partial charge in [-0.25, -0.2) is 4.39 Å². The lowest BCUT2D eigenvalue weighted by molar-refractivity contribution is 0.0211. The molecule has 3 heteroatoms. The second-order valence-corrected chi connectivity index (χ2v) is 6.69. The Hall–Kier alpha value is -0.930. The van der Waals surface area contributed by atoms with Crippen LogP contribution < -0.4 is 5.32 Å². The Balaban J connectivity index is 1.46. The molecule has 2 nitrogen and oxygen atoms in total. The number of ether oxygens (including phenoxy) is 1. The molecular weight excluding hydrogens is 253 g/mol. The molecule has 1 heterocycles. The molecular formula is C17H24FNO. The van der Waals surface area contributed by atoms with Crippen LogP contribution in [-0.4, -0.2) is 25.8 Å². The van der Waals surface area contributed by atoms with E-state index in [0.717, 1.165) is 51.0 Å². The van der Waals surface area contributed by atoms with Gasteiger partial charge in [0, 0.05) is 25.8 Å². The number of nitrogens with one attached hydrogen (secondary N) is 1. The summed E-state index contributed by atoms with van der Waals surface area (Å²) in [6.45, 7) is 5.18. The zero-order valence-electron chi connectivity index (χ0n) is 12.2. The summed E-state index contributed by atoms with van der Waals surface area (Å²) in [7, 11) is 0. The number of hydrogen-bond acceptors (Lipinski definition) is 2. The van der Waals surface area contributed by atoms with E-state index < -0.39 is 0 Å². The molecule has 1 saturated heterocycles. The largest absolute Gasteiger partial charge is 0.381 e. The van der Waals surface area contributed by atoms with E-state index in [1.165, 1.54) is 0 Å². The SMILES string of the molecule is CC1(CNC2CC(c3ccccc3F)C2)CCOCC1. The molecule has 0 amide bonds. The van der Waals surface area contributed by atoms with Crippen molar-refractivity contribution in [2.75, 3.05) is 19.8 Å². The molecule has 3 rings (SSSR count). The minimum atomic E-state index is -0.0488. The third kappa shape index (κ3) is 3.04. The van der Waals surface area contributed by atoms with Crippen molar-refractivity contribution < 1.29 is 9.13 Å². The maximum Gasteiger partial charge on any atom is 0.126 e. The predicted molar refractivity (Wildman–Crippen MR) is 78.3 cm³/mol. The fourth-order valence-electron chi connectivity index (χ4n) is 3.28. The fraction of sp³-hybridized carbons (Fsp3) is 0.647. The van der Waals surface area contributed by atoms with Crippen LogP contribution in [0.4, 0.5) is 4.39 Å². The third-order valence-corrected chi connectivity index (χ3v) is 5.00. The molecule has 2 aliphatic rings. The molecule has 0 atom stereocenters. The van der Waals surface area contributed by atoms with Crippen molar-refractivity contribution >= 4 is 0 Å². The van der Waals surface area contributed by atoms with Gasteiger partial charge in [0.15, 0.2) is 0 Å². The molecule has 1 N–H and O–H groups in total. The summed E-state index contributed by atoms with van der Waals surface area (Å²) in [6, 6.07) is 7.75. The van der Waals surface area contributed by atoms with Crippen LogP contribution in [0.3, 0.4) is 0 Å². The van der Waals surface area contributed by atoms with E-state index in [1.54, 1.807) is 12.1 Å². The van der Waals surface area contributed by atoms with Crippen LogP contribution in [0.1, 0.15) is 44.1 Å². The van der Waals surface area contributed by atoms with Gasteiger partial charge in [0.25, 0.3) is 0 Å². The van der Waals surface area contributed by atoms with Gasteiger partial charge in [0.2, 0.25) is 0 Å². The number of hydrogen-bond donors (Lipinski definition) is 1. The summed E-state index contributed by atoms with van der Waals surface area (Å²) < 4.78 is 19.1. The van der Waals surface area contributed by atoms with Gasteiger partial charge in [0.1, 0.15) is 5.82 Å².